The first-order chi connectivity index (χ1) is 9.58. The van der Waals surface area contributed by atoms with Crippen molar-refractivity contribution in [2.45, 2.75) is 6.92 Å². The van der Waals surface area contributed by atoms with Crippen molar-refractivity contribution >= 4 is 45.4 Å². The van der Waals surface area contributed by atoms with Crippen LogP contribution in [0.3, 0.4) is 0 Å². The molecule has 0 bridgehead atoms. The second-order valence-corrected chi connectivity index (χ2v) is 6.36. The van der Waals surface area contributed by atoms with Crippen molar-refractivity contribution in [2.24, 2.45) is 0 Å². The van der Waals surface area contributed by atoms with Crippen LogP contribution in [0.5, 0.6) is 5.75 Å². The fraction of sp³-hybridized carbons (Fsp3) is 0.143. The lowest BCUT2D eigenvalue weighted by atomic mass is 10.1. The summed E-state index contributed by atoms with van der Waals surface area (Å²) in [5.41, 5.74) is 1.82. The number of ether oxygens (including phenoxy) is 1. The molecule has 6 heteroatoms. The lowest BCUT2D eigenvalue weighted by Crippen LogP contribution is -1.94. The monoisotopic (exact) mass is 324 g/mol. The molecule has 0 saturated heterocycles. The van der Waals surface area contributed by atoms with Crippen molar-refractivity contribution in [2.75, 3.05) is 7.11 Å². The lowest BCUT2D eigenvalue weighted by Gasteiger charge is -2.08. The van der Waals surface area contributed by atoms with Gasteiger partial charge in [0.05, 0.1) is 21.8 Å². The summed E-state index contributed by atoms with van der Waals surface area (Å²) >= 11 is 13.7. The fourth-order valence-corrected chi connectivity index (χ4v) is 3.20. The van der Waals surface area contributed by atoms with Crippen LogP contribution in [-0.4, -0.2) is 17.1 Å². The van der Waals surface area contributed by atoms with Crippen LogP contribution >= 0.6 is 34.5 Å². The smallest absolute Gasteiger partial charge is 0.171 e. The van der Waals surface area contributed by atoms with Crippen LogP contribution in [0.25, 0.3) is 21.6 Å². The van der Waals surface area contributed by atoms with Gasteiger partial charge in [0.1, 0.15) is 10.9 Å². The largest absolute Gasteiger partial charge is 0.497 e. The molecule has 0 amide bonds. The number of aryl methyl sites for hydroxylation is 1. The maximum atomic E-state index is 6.28. The Morgan fingerprint density at radius 3 is 2.60 bits per heavy atom. The molecule has 0 fully saturated rings. The summed E-state index contributed by atoms with van der Waals surface area (Å²) in [6.45, 7) is 1.97. The average molecular weight is 325 g/mol. The number of aromatic nitrogens is 2. The van der Waals surface area contributed by atoms with E-state index in [-0.39, 0.29) is 0 Å². The molecular weight excluding hydrogens is 315 g/mol. The normalized spacial score (nSPS) is 11.0. The van der Waals surface area contributed by atoms with Crippen molar-refractivity contribution in [3.8, 4) is 16.5 Å². The molecule has 0 aliphatic rings. The van der Waals surface area contributed by atoms with Gasteiger partial charge in [-0.1, -0.05) is 23.2 Å². The summed E-state index contributed by atoms with van der Waals surface area (Å²) in [4.78, 5) is 9.84. The van der Waals surface area contributed by atoms with E-state index in [9.17, 15) is 0 Å². The highest BCUT2D eigenvalue weighted by Gasteiger charge is 2.12. The summed E-state index contributed by atoms with van der Waals surface area (Å²) in [6.07, 6.45) is 0. The number of hydrogen-bond acceptors (Lipinski definition) is 4. The fourth-order valence-electron chi connectivity index (χ4n) is 2.00. The van der Waals surface area contributed by atoms with Crippen molar-refractivity contribution in [3.05, 3.63) is 39.3 Å². The number of thiophene rings is 1. The molecule has 3 rings (SSSR count). The van der Waals surface area contributed by atoms with Gasteiger partial charge in [-0.15, -0.1) is 11.3 Å². The third-order valence-electron chi connectivity index (χ3n) is 2.95. The molecule has 102 valence electrons. The Labute approximate surface area is 130 Å². The van der Waals surface area contributed by atoms with E-state index in [1.807, 2.05) is 31.2 Å². The van der Waals surface area contributed by atoms with Crippen LogP contribution in [0.15, 0.2) is 24.3 Å². The lowest BCUT2D eigenvalue weighted by molar-refractivity contribution is 0.415. The van der Waals surface area contributed by atoms with E-state index >= 15 is 0 Å². The van der Waals surface area contributed by atoms with Gasteiger partial charge in [-0.3, -0.25) is 0 Å². The third kappa shape index (κ3) is 2.35. The highest BCUT2D eigenvalue weighted by Crippen LogP contribution is 2.33. The first-order valence-corrected chi connectivity index (χ1v) is 7.43. The van der Waals surface area contributed by atoms with Crippen LogP contribution in [0.4, 0.5) is 0 Å². The van der Waals surface area contributed by atoms with E-state index in [1.165, 1.54) is 11.3 Å². The second kappa shape index (κ2) is 5.20. The Kier molecular flexibility index (Phi) is 3.54. The van der Waals surface area contributed by atoms with E-state index in [1.54, 1.807) is 7.11 Å². The van der Waals surface area contributed by atoms with Gasteiger partial charge in [0, 0.05) is 5.39 Å². The van der Waals surface area contributed by atoms with Gasteiger partial charge in [-0.25, -0.2) is 9.97 Å². The minimum atomic E-state index is 0.413. The summed E-state index contributed by atoms with van der Waals surface area (Å²) in [7, 11) is 1.62. The predicted molar refractivity (Wildman–Crippen MR) is 84.2 cm³/mol. The zero-order valence-corrected chi connectivity index (χ0v) is 13.1. The number of methoxy groups -OCH3 is 1. The summed E-state index contributed by atoms with van der Waals surface area (Å²) in [5.74, 6) is 1.33. The molecule has 20 heavy (non-hydrogen) atoms. The minimum absolute atomic E-state index is 0.413. The highest BCUT2D eigenvalue weighted by atomic mass is 35.5. The van der Waals surface area contributed by atoms with Crippen LogP contribution in [0.1, 0.15) is 5.56 Å². The van der Waals surface area contributed by atoms with Gasteiger partial charge in [-0.05, 0) is 36.8 Å². The quantitative estimate of drug-likeness (QED) is 0.623. The number of nitrogens with zero attached hydrogens (tertiary/aromatic N) is 2. The first kappa shape index (κ1) is 13.6. The molecule has 3 nitrogen and oxygen atoms in total. The van der Waals surface area contributed by atoms with Gasteiger partial charge in [0.25, 0.3) is 0 Å². The number of fused-ring (bicyclic) bond motifs is 1. The molecule has 1 aromatic carbocycles. The molecule has 0 N–H and O–H groups in total. The average Bonchev–Trinajstić information content (AvgIpc) is 2.86. The number of halogens is 2. The Morgan fingerprint density at radius 2 is 1.95 bits per heavy atom. The standard InChI is InChI=1S/C14H10Cl2N2OS/c1-7-5-8(19-2)6-9-12(7)17-14(18-13(9)16)10-3-4-11(15)20-10/h3-6H,1-2H3. The minimum Gasteiger partial charge on any atom is -0.497 e. The van der Waals surface area contributed by atoms with Gasteiger partial charge in [-0.2, -0.15) is 0 Å². The molecule has 0 spiro atoms. The molecule has 0 atom stereocenters. The Balaban J connectivity index is 2.26. The van der Waals surface area contributed by atoms with Crippen LogP contribution in [-0.2, 0) is 0 Å². The molecule has 2 heterocycles. The van der Waals surface area contributed by atoms with Crippen molar-refractivity contribution < 1.29 is 4.74 Å². The van der Waals surface area contributed by atoms with E-state index in [2.05, 4.69) is 9.97 Å². The van der Waals surface area contributed by atoms with E-state index in [0.717, 1.165) is 27.1 Å². The molecule has 0 aliphatic heterocycles. The number of benzene rings is 1. The maximum Gasteiger partial charge on any atom is 0.171 e. The summed E-state index contributed by atoms with van der Waals surface area (Å²) in [6, 6.07) is 7.49. The van der Waals surface area contributed by atoms with E-state index < -0.39 is 0 Å². The third-order valence-corrected chi connectivity index (χ3v) is 4.46. The first-order valence-electron chi connectivity index (χ1n) is 5.86. The number of hydrogen-bond donors (Lipinski definition) is 0. The zero-order chi connectivity index (χ0) is 14.3. The molecule has 2 aromatic heterocycles. The van der Waals surface area contributed by atoms with Gasteiger partial charge in [0.2, 0.25) is 0 Å². The molecule has 0 radical (unpaired) electrons. The molecule has 3 aromatic rings. The zero-order valence-electron chi connectivity index (χ0n) is 10.8. The summed E-state index contributed by atoms with van der Waals surface area (Å²) < 4.78 is 5.95. The van der Waals surface area contributed by atoms with Crippen molar-refractivity contribution in [1.82, 2.24) is 9.97 Å². The molecule has 0 unspecified atom stereocenters. The van der Waals surface area contributed by atoms with Crippen molar-refractivity contribution in [3.63, 3.8) is 0 Å². The number of rotatable bonds is 2. The topological polar surface area (TPSA) is 35.0 Å². The Bertz CT molecular complexity index is 801. The molecular formula is C14H10Cl2N2OS. The van der Waals surface area contributed by atoms with Crippen LogP contribution in [0, 0.1) is 6.92 Å². The van der Waals surface area contributed by atoms with Gasteiger partial charge >= 0.3 is 0 Å². The van der Waals surface area contributed by atoms with E-state index in [0.29, 0.717) is 15.3 Å². The van der Waals surface area contributed by atoms with Crippen LogP contribution in [0.2, 0.25) is 9.49 Å². The van der Waals surface area contributed by atoms with Crippen LogP contribution < -0.4 is 4.74 Å². The van der Waals surface area contributed by atoms with Gasteiger partial charge in [0.15, 0.2) is 5.82 Å². The van der Waals surface area contributed by atoms with E-state index in [4.69, 9.17) is 27.9 Å². The predicted octanol–water partition coefficient (Wildman–Crippen LogP) is 4.98. The van der Waals surface area contributed by atoms with Crippen molar-refractivity contribution in [1.29, 1.82) is 0 Å². The molecule has 0 aliphatic carbocycles. The highest BCUT2D eigenvalue weighted by molar-refractivity contribution is 7.19. The summed E-state index contributed by atoms with van der Waals surface area (Å²) in [5, 5.41) is 1.20. The Morgan fingerprint density at radius 1 is 1.15 bits per heavy atom. The Hall–Kier alpha value is -1.36. The molecule has 0 saturated carbocycles. The van der Waals surface area contributed by atoms with Gasteiger partial charge < -0.3 is 4.74 Å². The SMILES string of the molecule is COc1cc(C)c2nc(-c3ccc(Cl)s3)nc(Cl)c2c1. The second-order valence-electron chi connectivity index (χ2n) is 4.28. The maximum absolute atomic E-state index is 6.28.